The highest BCUT2D eigenvalue weighted by atomic mass is 15.4. The lowest BCUT2D eigenvalue weighted by Gasteiger charge is -2.22. The first kappa shape index (κ1) is 42.1. The van der Waals surface area contributed by atoms with Gasteiger partial charge in [0.15, 0.2) is 5.82 Å². The van der Waals surface area contributed by atoms with Crippen LogP contribution in [0.3, 0.4) is 0 Å². The number of aromatic nitrogens is 3. The quantitative estimate of drug-likeness (QED) is 0.0686. The van der Waals surface area contributed by atoms with E-state index in [0.717, 1.165) is 18.9 Å². The molecule has 0 aliphatic heterocycles. The summed E-state index contributed by atoms with van der Waals surface area (Å²) >= 11 is 0. The van der Waals surface area contributed by atoms with Crippen molar-refractivity contribution in [3.8, 4) is 0 Å². The van der Waals surface area contributed by atoms with Gasteiger partial charge in [0, 0.05) is 6.42 Å². The predicted molar refractivity (Wildman–Crippen MR) is 200 cm³/mol. The smallest absolute Gasteiger partial charge is 0.150 e. The molecule has 0 atom stereocenters. The molecule has 1 aromatic rings. The molecule has 0 N–H and O–H groups in total. The van der Waals surface area contributed by atoms with Crippen molar-refractivity contribution >= 4 is 0 Å². The molecule has 266 valence electrons. The Balaban J connectivity index is 2.27. The summed E-state index contributed by atoms with van der Waals surface area (Å²) in [7, 11) is 0. The van der Waals surface area contributed by atoms with E-state index in [-0.39, 0.29) is 0 Å². The van der Waals surface area contributed by atoms with Gasteiger partial charge in [0.05, 0.1) is 6.67 Å². The van der Waals surface area contributed by atoms with Crippen LogP contribution in [0.25, 0.3) is 0 Å². The monoisotopic (exact) mass is 631 g/mol. The van der Waals surface area contributed by atoms with Crippen LogP contribution in [0.2, 0.25) is 0 Å². The molecule has 0 aliphatic rings. The Kier molecular flexibility index (Phi) is 32.2. The van der Waals surface area contributed by atoms with Crippen molar-refractivity contribution in [1.82, 2.24) is 19.7 Å². The molecule has 1 heterocycles. The number of aryl methyl sites for hydroxylation is 1. The molecule has 0 unspecified atom stereocenters. The largest absolute Gasteiger partial charge is 0.284 e. The fourth-order valence-electron chi connectivity index (χ4n) is 6.74. The number of nitrogens with zero attached hydrogens (tertiary/aromatic N) is 4. The molecule has 45 heavy (non-hydrogen) atoms. The van der Waals surface area contributed by atoms with Crippen molar-refractivity contribution < 1.29 is 0 Å². The van der Waals surface area contributed by atoms with Crippen molar-refractivity contribution in [1.29, 1.82) is 0 Å². The molecule has 0 saturated carbocycles. The zero-order valence-electron chi connectivity index (χ0n) is 31.3. The SMILES string of the molecule is CCCCCCCCCCCCCN(CCCCCCCCCCCCC)Cn1cnc(CCCCCCCCCCCC)n1. The van der Waals surface area contributed by atoms with Crippen molar-refractivity contribution in [2.24, 2.45) is 0 Å². The van der Waals surface area contributed by atoms with Crippen molar-refractivity contribution in [2.45, 2.75) is 239 Å². The molecule has 1 rings (SSSR count). The summed E-state index contributed by atoms with van der Waals surface area (Å²) < 4.78 is 2.13. The zero-order valence-corrected chi connectivity index (χ0v) is 31.3. The van der Waals surface area contributed by atoms with Crippen LogP contribution in [0.1, 0.15) is 232 Å². The van der Waals surface area contributed by atoms with Gasteiger partial charge >= 0.3 is 0 Å². The van der Waals surface area contributed by atoms with Crippen LogP contribution >= 0.6 is 0 Å². The molecule has 0 saturated heterocycles. The van der Waals surface area contributed by atoms with Crippen molar-refractivity contribution in [3.63, 3.8) is 0 Å². The topological polar surface area (TPSA) is 34.0 Å². The van der Waals surface area contributed by atoms with E-state index in [4.69, 9.17) is 10.1 Å². The van der Waals surface area contributed by atoms with Gasteiger partial charge < -0.3 is 0 Å². The summed E-state index contributed by atoms with van der Waals surface area (Å²) in [5.41, 5.74) is 0. The molecule has 0 fully saturated rings. The Bertz CT molecular complexity index is 661. The maximum Gasteiger partial charge on any atom is 0.150 e. The standard InChI is InChI=1S/C41H82N4/c1-4-7-10-13-16-19-22-25-28-31-34-37-44(38-35-32-29-26-23-20-17-14-11-8-5-2)40-45-39-42-41(43-45)36-33-30-27-24-21-18-15-12-9-6-3/h39H,4-38,40H2,1-3H3. The average Bonchev–Trinajstić information content (AvgIpc) is 3.50. The van der Waals surface area contributed by atoms with E-state index in [0.29, 0.717) is 0 Å². The van der Waals surface area contributed by atoms with Gasteiger partial charge in [0.2, 0.25) is 0 Å². The van der Waals surface area contributed by atoms with Crippen LogP contribution < -0.4 is 0 Å². The van der Waals surface area contributed by atoms with E-state index in [9.17, 15) is 0 Å². The summed E-state index contributed by atoms with van der Waals surface area (Å²) in [6, 6.07) is 0. The van der Waals surface area contributed by atoms with Crippen molar-refractivity contribution in [2.75, 3.05) is 13.1 Å². The van der Waals surface area contributed by atoms with E-state index in [1.54, 1.807) is 0 Å². The second-order valence-electron chi connectivity index (χ2n) is 14.5. The summed E-state index contributed by atoms with van der Waals surface area (Å²) in [5.74, 6) is 1.05. The van der Waals surface area contributed by atoms with Gasteiger partial charge in [-0.05, 0) is 32.4 Å². The third kappa shape index (κ3) is 29.0. The lowest BCUT2D eigenvalue weighted by molar-refractivity contribution is 0.197. The molecular weight excluding hydrogens is 548 g/mol. The zero-order chi connectivity index (χ0) is 32.3. The minimum atomic E-state index is 0.917. The van der Waals surface area contributed by atoms with E-state index in [2.05, 4.69) is 30.4 Å². The summed E-state index contributed by atoms with van der Waals surface area (Å²) in [4.78, 5) is 7.36. The minimum Gasteiger partial charge on any atom is -0.284 e. The Labute approximate surface area is 283 Å². The summed E-state index contributed by atoms with van der Waals surface area (Å²) in [6.07, 6.45) is 48.0. The highest BCUT2D eigenvalue weighted by molar-refractivity contribution is 4.81. The first-order chi connectivity index (χ1) is 22.3. The van der Waals surface area contributed by atoms with Crippen molar-refractivity contribution in [3.05, 3.63) is 12.2 Å². The van der Waals surface area contributed by atoms with Gasteiger partial charge in [0.25, 0.3) is 0 Å². The van der Waals surface area contributed by atoms with Crippen LogP contribution in [-0.4, -0.2) is 32.8 Å². The highest BCUT2D eigenvalue weighted by Gasteiger charge is 2.09. The van der Waals surface area contributed by atoms with Gasteiger partial charge in [0.1, 0.15) is 6.33 Å². The van der Waals surface area contributed by atoms with E-state index in [1.807, 2.05) is 6.33 Å². The Morgan fingerprint density at radius 3 is 1.09 bits per heavy atom. The molecule has 0 aliphatic carbocycles. The van der Waals surface area contributed by atoms with Crippen LogP contribution in [0.5, 0.6) is 0 Å². The summed E-state index contributed by atoms with van der Waals surface area (Å²) in [6.45, 7) is 10.3. The maximum absolute atomic E-state index is 4.90. The Hall–Kier alpha value is -0.900. The van der Waals surface area contributed by atoms with E-state index < -0.39 is 0 Å². The number of hydrogen-bond donors (Lipinski definition) is 0. The van der Waals surface area contributed by atoms with Gasteiger partial charge in [-0.1, -0.05) is 207 Å². The molecule has 4 nitrogen and oxygen atoms in total. The maximum atomic E-state index is 4.90. The fourth-order valence-corrected chi connectivity index (χ4v) is 6.74. The number of rotatable bonds is 37. The molecule has 0 spiro atoms. The van der Waals surface area contributed by atoms with Crippen LogP contribution in [0.4, 0.5) is 0 Å². The van der Waals surface area contributed by atoms with Crippen LogP contribution in [0.15, 0.2) is 6.33 Å². The lowest BCUT2D eigenvalue weighted by atomic mass is 10.1. The molecule has 0 bridgehead atoms. The second-order valence-corrected chi connectivity index (χ2v) is 14.5. The van der Waals surface area contributed by atoms with Gasteiger partial charge in [-0.2, -0.15) is 5.10 Å². The molecule has 0 radical (unpaired) electrons. The van der Waals surface area contributed by atoms with Gasteiger partial charge in [-0.25, -0.2) is 9.67 Å². The van der Waals surface area contributed by atoms with E-state index >= 15 is 0 Å². The normalized spacial score (nSPS) is 11.7. The molecule has 0 amide bonds. The van der Waals surface area contributed by atoms with Gasteiger partial charge in [-0.15, -0.1) is 0 Å². The first-order valence-electron chi connectivity index (χ1n) is 20.9. The summed E-state index contributed by atoms with van der Waals surface area (Å²) in [5, 5.41) is 4.90. The Morgan fingerprint density at radius 2 is 0.733 bits per heavy atom. The minimum absolute atomic E-state index is 0.917. The highest BCUT2D eigenvalue weighted by Crippen LogP contribution is 2.15. The lowest BCUT2D eigenvalue weighted by Crippen LogP contribution is -2.29. The number of hydrogen-bond acceptors (Lipinski definition) is 3. The third-order valence-corrected chi connectivity index (χ3v) is 9.84. The molecule has 4 heteroatoms. The predicted octanol–water partition coefficient (Wildman–Crippen LogP) is 13.6. The number of unbranched alkanes of at least 4 members (excludes halogenated alkanes) is 29. The van der Waals surface area contributed by atoms with E-state index in [1.165, 1.54) is 219 Å². The second kappa shape index (κ2) is 34.4. The average molecular weight is 631 g/mol. The van der Waals surface area contributed by atoms with Crippen LogP contribution in [0, 0.1) is 0 Å². The molecule has 0 aromatic carbocycles. The van der Waals surface area contributed by atoms with Gasteiger partial charge in [-0.3, -0.25) is 4.90 Å². The first-order valence-corrected chi connectivity index (χ1v) is 20.9. The molecular formula is C41H82N4. The van der Waals surface area contributed by atoms with Crippen LogP contribution in [-0.2, 0) is 13.1 Å². The third-order valence-electron chi connectivity index (χ3n) is 9.84. The fraction of sp³-hybridized carbons (Fsp3) is 0.951. The molecule has 1 aromatic heterocycles. The Morgan fingerprint density at radius 1 is 0.422 bits per heavy atom.